The molecule has 3 aromatic heterocycles. The van der Waals surface area contributed by atoms with Crippen LogP contribution < -0.4 is 5.56 Å². The van der Waals surface area contributed by atoms with Crippen LogP contribution in [0.3, 0.4) is 0 Å². The Labute approximate surface area is 166 Å². The Morgan fingerprint density at radius 1 is 1.18 bits per heavy atom. The molecule has 0 bridgehead atoms. The highest BCUT2D eigenvalue weighted by Gasteiger charge is 2.18. The average molecular weight is 393 g/mol. The molecule has 0 aliphatic rings. The van der Waals surface area contributed by atoms with Gasteiger partial charge in [-0.05, 0) is 42.5 Å². The predicted octanol–water partition coefficient (Wildman–Crippen LogP) is 3.21. The number of carbonyl (C=O) groups is 1. The molecule has 0 N–H and O–H groups in total. The van der Waals surface area contributed by atoms with Crippen LogP contribution >= 0.6 is 11.6 Å². The van der Waals surface area contributed by atoms with Gasteiger partial charge < -0.3 is 4.90 Å². The number of likely N-dealkylation sites (N-methyl/N-ethyl adjacent to an activating group) is 1. The lowest BCUT2D eigenvalue weighted by molar-refractivity contribution is 0.0797. The van der Waals surface area contributed by atoms with Crippen molar-refractivity contribution in [2.75, 3.05) is 13.6 Å². The Bertz CT molecular complexity index is 1240. The fourth-order valence-corrected chi connectivity index (χ4v) is 3.27. The normalized spacial score (nSPS) is 11.1. The van der Waals surface area contributed by atoms with Crippen LogP contribution in [0.25, 0.3) is 16.6 Å². The predicted molar refractivity (Wildman–Crippen MR) is 109 cm³/mol. The quantitative estimate of drug-likeness (QED) is 0.500. The first-order valence-corrected chi connectivity index (χ1v) is 9.18. The van der Waals surface area contributed by atoms with Crippen molar-refractivity contribution in [1.82, 2.24) is 19.3 Å². The maximum absolute atomic E-state index is 13.0. The molecule has 28 heavy (non-hydrogen) atoms. The van der Waals surface area contributed by atoms with Gasteiger partial charge in [0, 0.05) is 43.1 Å². The largest absolute Gasteiger partial charge is 0.341 e. The molecular formula is C21H17ClN4O2. The van der Waals surface area contributed by atoms with E-state index in [0.717, 1.165) is 5.69 Å². The number of halogens is 1. The second-order valence-corrected chi connectivity index (χ2v) is 6.93. The van der Waals surface area contributed by atoms with E-state index in [0.29, 0.717) is 40.1 Å². The van der Waals surface area contributed by atoms with Crippen LogP contribution in [0.2, 0.25) is 5.02 Å². The summed E-state index contributed by atoms with van der Waals surface area (Å²) in [6.45, 7) is 0.504. The van der Waals surface area contributed by atoms with Crippen LogP contribution in [0, 0.1) is 0 Å². The maximum atomic E-state index is 13.0. The van der Waals surface area contributed by atoms with Crippen LogP contribution in [0.1, 0.15) is 16.1 Å². The highest BCUT2D eigenvalue weighted by atomic mass is 35.5. The summed E-state index contributed by atoms with van der Waals surface area (Å²) in [7, 11) is 1.73. The molecular weight excluding hydrogens is 376 g/mol. The van der Waals surface area contributed by atoms with Crippen molar-refractivity contribution in [3.63, 3.8) is 0 Å². The third-order valence-electron chi connectivity index (χ3n) is 4.61. The van der Waals surface area contributed by atoms with Crippen molar-refractivity contribution in [2.24, 2.45) is 0 Å². The second-order valence-electron chi connectivity index (χ2n) is 6.49. The lowest BCUT2D eigenvalue weighted by Crippen LogP contribution is -2.30. The summed E-state index contributed by atoms with van der Waals surface area (Å²) < 4.78 is 1.39. The third kappa shape index (κ3) is 3.34. The number of fused-ring (bicyclic) bond motifs is 2. The van der Waals surface area contributed by atoms with E-state index in [2.05, 4.69) is 9.97 Å². The van der Waals surface area contributed by atoms with Gasteiger partial charge in [0.05, 0.1) is 16.5 Å². The van der Waals surface area contributed by atoms with E-state index in [1.807, 2.05) is 18.2 Å². The van der Waals surface area contributed by atoms with Crippen LogP contribution in [0.5, 0.6) is 0 Å². The van der Waals surface area contributed by atoms with Crippen LogP contribution in [0.15, 0.2) is 65.7 Å². The van der Waals surface area contributed by atoms with Crippen LogP contribution in [0.4, 0.5) is 0 Å². The lowest BCUT2D eigenvalue weighted by atomic mass is 10.2. The zero-order valence-corrected chi connectivity index (χ0v) is 15.9. The molecule has 4 rings (SSSR count). The van der Waals surface area contributed by atoms with Gasteiger partial charge >= 0.3 is 0 Å². The molecule has 140 valence electrons. The van der Waals surface area contributed by atoms with Gasteiger partial charge in [-0.15, -0.1) is 0 Å². The topological polar surface area (TPSA) is 67.6 Å². The maximum Gasteiger partial charge on any atom is 0.265 e. The van der Waals surface area contributed by atoms with Crippen molar-refractivity contribution < 1.29 is 4.79 Å². The number of hydrogen-bond donors (Lipinski definition) is 0. The van der Waals surface area contributed by atoms with E-state index < -0.39 is 0 Å². The van der Waals surface area contributed by atoms with E-state index in [4.69, 9.17) is 11.6 Å². The molecule has 0 spiro atoms. The summed E-state index contributed by atoms with van der Waals surface area (Å²) in [5.74, 6) is -0.200. The van der Waals surface area contributed by atoms with E-state index in [9.17, 15) is 9.59 Å². The molecule has 0 unspecified atom stereocenters. The monoisotopic (exact) mass is 392 g/mol. The Kier molecular flexibility index (Phi) is 4.79. The Morgan fingerprint density at radius 2 is 2.04 bits per heavy atom. The molecule has 3 heterocycles. The molecule has 0 atom stereocenters. The van der Waals surface area contributed by atoms with Gasteiger partial charge in [0.25, 0.3) is 11.5 Å². The Hall–Kier alpha value is -3.25. The molecule has 0 saturated heterocycles. The number of carbonyl (C=O) groups excluding carboxylic acids is 1. The fraction of sp³-hybridized carbons (Fsp3) is 0.143. The molecule has 6 nitrogen and oxygen atoms in total. The highest BCUT2D eigenvalue weighted by molar-refractivity contribution is 6.31. The van der Waals surface area contributed by atoms with Gasteiger partial charge in [-0.2, -0.15) is 0 Å². The first kappa shape index (κ1) is 18.1. The number of benzene rings is 1. The van der Waals surface area contributed by atoms with Crippen molar-refractivity contribution >= 4 is 34.1 Å². The van der Waals surface area contributed by atoms with Crippen molar-refractivity contribution in [1.29, 1.82) is 0 Å². The summed E-state index contributed by atoms with van der Waals surface area (Å²) in [6, 6.07) is 14.0. The smallest absolute Gasteiger partial charge is 0.265 e. The molecule has 7 heteroatoms. The van der Waals surface area contributed by atoms with Gasteiger partial charge in [0.2, 0.25) is 0 Å². The minimum absolute atomic E-state index is 0.200. The van der Waals surface area contributed by atoms with Crippen LogP contribution in [-0.2, 0) is 6.42 Å². The minimum Gasteiger partial charge on any atom is -0.341 e. The van der Waals surface area contributed by atoms with E-state index in [1.165, 1.54) is 4.40 Å². The van der Waals surface area contributed by atoms with Gasteiger partial charge in [-0.1, -0.05) is 17.7 Å². The van der Waals surface area contributed by atoms with Gasteiger partial charge in [-0.25, -0.2) is 4.98 Å². The summed E-state index contributed by atoms with van der Waals surface area (Å²) in [4.78, 5) is 36.3. The summed E-state index contributed by atoms with van der Waals surface area (Å²) in [5, 5.41) is 0.881. The number of amides is 1. The summed E-state index contributed by atoms with van der Waals surface area (Å²) in [6.07, 6.45) is 3.98. The first-order valence-electron chi connectivity index (χ1n) is 8.80. The first-order chi connectivity index (χ1) is 13.5. The molecule has 4 aromatic rings. The van der Waals surface area contributed by atoms with E-state index in [-0.39, 0.29) is 11.5 Å². The summed E-state index contributed by atoms with van der Waals surface area (Å²) in [5.41, 5.74) is 1.87. The third-order valence-corrected chi connectivity index (χ3v) is 4.84. The zero-order chi connectivity index (χ0) is 19.7. The number of nitrogens with zero attached hydrogens (tertiary/aromatic N) is 4. The zero-order valence-electron chi connectivity index (χ0n) is 15.2. The van der Waals surface area contributed by atoms with Crippen molar-refractivity contribution in [3.05, 3.63) is 87.6 Å². The standard InChI is InChI=1S/C21H17ClN4O2/c1-25(12-9-15-5-2-3-10-23-15)20(27)16-6-4-11-26-19(16)24-18-8-7-14(22)13-17(18)21(26)28/h2-8,10-11,13H,9,12H2,1H3. The van der Waals surface area contributed by atoms with E-state index >= 15 is 0 Å². The Morgan fingerprint density at radius 3 is 2.82 bits per heavy atom. The average Bonchev–Trinajstić information content (AvgIpc) is 2.72. The molecule has 0 aliphatic carbocycles. The molecule has 0 saturated carbocycles. The number of aromatic nitrogens is 3. The fourth-order valence-electron chi connectivity index (χ4n) is 3.10. The molecule has 1 amide bonds. The molecule has 0 aliphatic heterocycles. The van der Waals surface area contributed by atoms with Gasteiger partial charge in [0.1, 0.15) is 0 Å². The van der Waals surface area contributed by atoms with Crippen molar-refractivity contribution in [2.45, 2.75) is 6.42 Å². The second kappa shape index (κ2) is 7.40. The lowest BCUT2D eigenvalue weighted by Gasteiger charge is -2.18. The highest BCUT2D eigenvalue weighted by Crippen LogP contribution is 2.18. The molecule has 1 aromatic carbocycles. The number of rotatable bonds is 4. The van der Waals surface area contributed by atoms with Crippen LogP contribution in [-0.4, -0.2) is 38.8 Å². The van der Waals surface area contributed by atoms with Gasteiger partial charge in [0.15, 0.2) is 5.65 Å². The van der Waals surface area contributed by atoms with Gasteiger partial charge in [-0.3, -0.25) is 19.0 Å². The SMILES string of the molecule is CN(CCc1ccccn1)C(=O)c1cccn2c(=O)c3cc(Cl)ccc3nc12. The number of pyridine rings is 2. The number of hydrogen-bond acceptors (Lipinski definition) is 4. The van der Waals surface area contributed by atoms with Crippen molar-refractivity contribution in [3.8, 4) is 0 Å². The molecule has 0 fully saturated rings. The summed E-state index contributed by atoms with van der Waals surface area (Å²) >= 11 is 6.01. The van der Waals surface area contributed by atoms with E-state index in [1.54, 1.807) is 54.7 Å². The minimum atomic E-state index is -0.256. The molecule has 0 radical (unpaired) electrons. The Balaban J connectivity index is 1.71.